The molecule has 0 radical (unpaired) electrons. The summed E-state index contributed by atoms with van der Waals surface area (Å²) in [4.78, 5) is 12.0. The van der Waals surface area contributed by atoms with Gasteiger partial charge in [0.2, 0.25) is 0 Å². The van der Waals surface area contributed by atoms with E-state index in [-0.39, 0.29) is 23.3 Å². The van der Waals surface area contributed by atoms with E-state index < -0.39 is 6.10 Å². The maximum Gasteiger partial charge on any atom is 0.255 e. The summed E-state index contributed by atoms with van der Waals surface area (Å²) in [6.45, 7) is 0. The Morgan fingerprint density at radius 1 is 1.33 bits per heavy atom. The molecule has 1 saturated carbocycles. The summed E-state index contributed by atoms with van der Waals surface area (Å²) < 4.78 is 0.889. The summed E-state index contributed by atoms with van der Waals surface area (Å²) in [5, 5.41) is 22.3. The number of carbonyl (C=O) groups excluding carboxylic acids is 1. The lowest BCUT2D eigenvalue weighted by molar-refractivity contribution is 0.0715. The summed E-state index contributed by atoms with van der Waals surface area (Å²) >= 11 is 2.09. The highest BCUT2D eigenvalue weighted by Crippen LogP contribution is 2.22. The van der Waals surface area contributed by atoms with Gasteiger partial charge < -0.3 is 15.5 Å². The molecule has 0 spiro atoms. The van der Waals surface area contributed by atoms with Gasteiger partial charge in [0.1, 0.15) is 5.75 Å². The Morgan fingerprint density at radius 3 is 2.78 bits per heavy atom. The number of carbonyl (C=O) groups is 1. The van der Waals surface area contributed by atoms with E-state index >= 15 is 0 Å². The van der Waals surface area contributed by atoms with Crippen LogP contribution < -0.4 is 5.32 Å². The quantitative estimate of drug-likeness (QED) is 0.706. The van der Waals surface area contributed by atoms with E-state index in [4.69, 9.17) is 0 Å². The lowest BCUT2D eigenvalue weighted by Crippen LogP contribution is -2.45. The van der Waals surface area contributed by atoms with Gasteiger partial charge >= 0.3 is 0 Å². The molecule has 2 rings (SSSR count). The van der Waals surface area contributed by atoms with Crippen molar-refractivity contribution in [1.82, 2.24) is 5.32 Å². The molecule has 1 aromatic rings. The molecule has 98 valence electrons. The number of halogens is 1. The second kappa shape index (κ2) is 5.88. The largest absolute Gasteiger partial charge is 0.507 e. The minimum atomic E-state index is -0.479. The van der Waals surface area contributed by atoms with Crippen LogP contribution in [-0.2, 0) is 0 Å². The maximum absolute atomic E-state index is 12.0. The number of hydrogen-bond donors (Lipinski definition) is 3. The van der Waals surface area contributed by atoms with E-state index in [0.717, 1.165) is 29.3 Å². The van der Waals surface area contributed by atoms with Crippen LogP contribution in [0.2, 0.25) is 0 Å². The fourth-order valence-corrected chi connectivity index (χ4v) is 2.71. The molecule has 0 bridgehead atoms. The van der Waals surface area contributed by atoms with E-state index in [0.29, 0.717) is 0 Å². The normalized spacial score (nSPS) is 23.7. The summed E-state index contributed by atoms with van der Waals surface area (Å²) in [5.74, 6) is -0.352. The average Bonchev–Trinajstić information content (AvgIpc) is 2.35. The van der Waals surface area contributed by atoms with Gasteiger partial charge in [-0.25, -0.2) is 0 Å². The first-order valence-corrected chi connectivity index (χ1v) is 7.13. The van der Waals surface area contributed by atoms with Crippen LogP contribution in [-0.4, -0.2) is 28.3 Å². The minimum Gasteiger partial charge on any atom is -0.507 e. The van der Waals surface area contributed by atoms with Crippen LogP contribution in [0.15, 0.2) is 18.2 Å². The van der Waals surface area contributed by atoms with Crippen molar-refractivity contribution >= 4 is 28.5 Å². The molecule has 3 N–H and O–H groups in total. The molecule has 0 aromatic heterocycles. The summed E-state index contributed by atoms with van der Waals surface area (Å²) in [5.41, 5.74) is 0.264. The Labute approximate surface area is 120 Å². The second-order valence-electron chi connectivity index (χ2n) is 4.59. The number of amides is 1. The molecule has 2 atom stereocenters. The fourth-order valence-electron chi connectivity index (χ4n) is 2.22. The molecule has 1 fully saturated rings. The summed E-state index contributed by atoms with van der Waals surface area (Å²) in [7, 11) is 0. The van der Waals surface area contributed by atoms with E-state index in [2.05, 4.69) is 27.9 Å². The monoisotopic (exact) mass is 361 g/mol. The van der Waals surface area contributed by atoms with Crippen molar-refractivity contribution in [1.29, 1.82) is 0 Å². The van der Waals surface area contributed by atoms with Crippen LogP contribution in [0.5, 0.6) is 5.75 Å². The predicted octanol–water partition coefficient (Wildman–Crippen LogP) is 2.03. The first kappa shape index (κ1) is 13.6. The molecule has 0 heterocycles. The Bertz CT molecular complexity index is 450. The molecule has 5 heteroatoms. The maximum atomic E-state index is 12.0. The minimum absolute atomic E-state index is 0.0294. The zero-order valence-corrected chi connectivity index (χ0v) is 12.1. The van der Waals surface area contributed by atoms with Gasteiger partial charge in [-0.05, 0) is 53.6 Å². The van der Waals surface area contributed by atoms with Crippen LogP contribution in [0.25, 0.3) is 0 Å². The van der Waals surface area contributed by atoms with Gasteiger partial charge in [-0.1, -0.05) is 12.8 Å². The number of phenolic OH excluding ortho intramolecular Hbond substituents is 1. The number of aromatic hydroxyl groups is 1. The van der Waals surface area contributed by atoms with Crippen molar-refractivity contribution in [3.63, 3.8) is 0 Å². The second-order valence-corrected chi connectivity index (χ2v) is 5.84. The number of hydrogen-bond acceptors (Lipinski definition) is 3. The molecule has 1 aliphatic carbocycles. The number of aliphatic hydroxyl groups excluding tert-OH is 1. The average molecular weight is 361 g/mol. The van der Waals surface area contributed by atoms with E-state index in [1.807, 2.05) is 0 Å². The van der Waals surface area contributed by atoms with Crippen molar-refractivity contribution in [2.45, 2.75) is 37.8 Å². The molecule has 1 aromatic carbocycles. The lowest BCUT2D eigenvalue weighted by Gasteiger charge is -2.28. The molecule has 4 nitrogen and oxygen atoms in total. The zero-order valence-electron chi connectivity index (χ0n) is 9.90. The van der Waals surface area contributed by atoms with Crippen molar-refractivity contribution < 1.29 is 15.0 Å². The molecule has 1 aliphatic rings. The van der Waals surface area contributed by atoms with E-state index in [9.17, 15) is 15.0 Å². The number of nitrogens with one attached hydrogen (secondary N) is 1. The van der Waals surface area contributed by atoms with Crippen LogP contribution in [0.4, 0.5) is 0 Å². The van der Waals surface area contributed by atoms with Gasteiger partial charge in [-0.3, -0.25) is 4.79 Å². The zero-order chi connectivity index (χ0) is 13.1. The molecule has 0 saturated heterocycles. The Hall–Kier alpha value is -0.820. The highest BCUT2D eigenvalue weighted by atomic mass is 127. The summed E-state index contributed by atoms with van der Waals surface area (Å²) in [6, 6.07) is 4.68. The topological polar surface area (TPSA) is 69.6 Å². The van der Waals surface area contributed by atoms with Crippen LogP contribution in [0.1, 0.15) is 36.0 Å². The van der Waals surface area contributed by atoms with Crippen molar-refractivity contribution in [3.05, 3.63) is 27.3 Å². The molecule has 18 heavy (non-hydrogen) atoms. The predicted molar refractivity (Wildman–Crippen MR) is 76.6 cm³/mol. The first-order chi connectivity index (χ1) is 8.58. The highest BCUT2D eigenvalue weighted by molar-refractivity contribution is 14.1. The third-order valence-corrected chi connectivity index (χ3v) is 3.92. The molecule has 0 unspecified atom stereocenters. The number of aliphatic hydroxyl groups is 1. The number of rotatable bonds is 2. The Balaban J connectivity index is 2.09. The van der Waals surface area contributed by atoms with Crippen LogP contribution in [0.3, 0.4) is 0 Å². The highest BCUT2D eigenvalue weighted by Gasteiger charge is 2.25. The third kappa shape index (κ3) is 3.14. The number of benzene rings is 1. The Morgan fingerprint density at radius 2 is 2.06 bits per heavy atom. The smallest absolute Gasteiger partial charge is 0.255 e. The van der Waals surface area contributed by atoms with Gasteiger partial charge in [0.15, 0.2) is 0 Å². The van der Waals surface area contributed by atoms with Crippen LogP contribution in [0, 0.1) is 3.57 Å². The van der Waals surface area contributed by atoms with E-state index in [1.165, 1.54) is 6.07 Å². The van der Waals surface area contributed by atoms with Crippen molar-refractivity contribution in [3.8, 4) is 5.75 Å². The third-order valence-electron chi connectivity index (χ3n) is 3.25. The molecule has 0 aliphatic heterocycles. The van der Waals surface area contributed by atoms with Gasteiger partial charge in [0.05, 0.1) is 17.7 Å². The van der Waals surface area contributed by atoms with Gasteiger partial charge in [0, 0.05) is 3.57 Å². The van der Waals surface area contributed by atoms with Gasteiger partial charge in [0.25, 0.3) is 5.91 Å². The molecular weight excluding hydrogens is 345 g/mol. The first-order valence-electron chi connectivity index (χ1n) is 6.05. The number of phenols is 1. The summed E-state index contributed by atoms with van der Waals surface area (Å²) in [6.07, 6.45) is 3.05. The lowest BCUT2D eigenvalue weighted by atomic mass is 9.92. The SMILES string of the molecule is O=C(N[C@@H]1CCCC[C@H]1O)c1cc(I)ccc1O. The fraction of sp³-hybridized carbons (Fsp3) is 0.462. The van der Waals surface area contributed by atoms with Gasteiger partial charge in [-0.2, -0.15) is 0 Å². The van der Waals surface area contributed by atoms with E-state index in [1.54, 1.807) is 12.1 Å². The molecular formula is C13H16INO3. The van der Waals surface area contributed by atoms with Gasteiger partial charge in [-0.15, -0.1) is 0 Å². The standard InChI is InChI=1S/C13H16INO3/c14-8-5-6-11(16)9(7-8)13(18)15-10-3-1-2-4-12(10)17/h5-7,10,12,16-17H,1-4H2,(H,15,18)/t10-,12-/m1/s1. The van der Waals surface area contributed by atoms with Crippen molar-refractivity contribution in [2.24, 2.45) is 0 Å². The Kier molecular flexibility index (Phi) is 4.45. The van der Waals surface area contributed by atoms with Crippen molar-refractivity contribution in [2.75, 3.05) is 0 Å². The van der Waals surface area contributed by atoms with Crippen LogP contribution >= 0.6 is 22.6 Å². The molecule has 1 amide bonds.